The van der Waals surface area contributed by atoms with Gasteiger partial charge in [-0.3, -0.25) is 4.90 Å². The Labute approximate surface area is 136 Å². The van der Waals surface area contributed by atoms with Crippen LogP contribution in [0.25, 0.3) is 0 Å². The lowest BCUT2D eigenvalue weighted by atomic mass is 10.1. The summed E-state index contributed by atoms with van der Waals surface area (Å²) in [5, 5.41) is 13.4. The van der Waals surface area contributed by atoms with E-state index in [0.717, 1.165) is 17.7 Å². The van der Waals surface area contributed by atoms with Gasteiger partial charge in [-0.25, -0.2) is 4.68 Å². The number of rotatable bonds is 5. The van der Waals surface area contributed by atoms with Crippen molar-refractivity contribution in [3.8, 4) is 0 Å². The van der Waals surface area contributed by atoms with Crippen molar-refractivity contribution in [2.45, 2.75) is 26.0 Å². The van der Waals surface area contributed by atoms with Crippen molar-refractivity contribution in [2.24, 2.45) is 7.05 Å². The van der Waals surface area contributed by atoms with Crippen molar-refractivity contribution in [3.05, 3.63) is 46.0 Å². The first kappa shape index (κ1) is 17.6. The predicted molar refractivity (Wildman–Crippen MR) is 80.9 cm³/mol. The van der Waals surface area contributed by atoms with Crippen LogP contribution in [0, 0.1) is 4.77 Å². The summed E-state index contributed by atoms with van der Waals surface area (Å²) >= 11 is 5.22. The number of aromatic nitrogens is 3. The summed E-state index contributed by atoms with van der Waals surface area (Å²) < 4.78 is 41.2. The van der Waals surface area contributed by atoms with Crippen LogP contribution in [-0.4, -0.2) is 31.4 Å². The zero-order valence-electron chi connectivity index (χ0n) is 12.7. The largest absolute Gasteiger partial charge is 0.416 e. The molecule has 0 amide bonds. The highest BCUT2D eigenvalue weighted by Crippen LogP contribution is 2.29. The average Bonchev–Trinajstić information content (AvgIpc) is 2.74. The fourth-order valence-corrected chi connectivity index (χ4v) is 2.36. The smallest absolute Gasteiger partial charge is 0.388 e. The minimum Gasteiger partial charge on any atom is -0.388 e. The van der Waals surface area contributed by atoms with Crippen molar-refractivity contribution in [1.82, 2.24) is 19.2 Å². The summed E-state index contributed by atoms with van der Waals surface area (Å²) in [6.45, 7) is 0.606. The van der Waals surface area contributed by atoms with E-state index in [0.29, 0.717) is 23.8 Å². The molecule has 0 bridgehead atoms. The van der Waals surface area contributed by atoms with Gasteiger partial charge in [-0.1, -0.05) is 12.1 Å². The first-order chi connectivity index (χ1) is 10.7. The molecular formula is C14H17F3N4OS. The number of nitrogens with zero attached hydrogens (tertiary/aromatic N) is 4. The maximum absolute atomic E-state index is 12.5. The monoisotopic (exact) mass is 346 g/mol. The molecule has 0 fully saturated rings. The van der Waals surface area contributed by atoms with Gasteiger partial charge in [0.25, 0.3) is 0 Å². The average molecular weight is 346 g/mol. The molecule has 0 saturated heterocycles. The molecule has 1 aromatic carbocycles. The van der Waals surface area contributed by atoms with Gasteiger partial charge in [0.1, 0.15) is 6.61 Å². The summed E-state index contributed by atoms with van der Waals surface area (Å²) in [5.74, 6) is 0.456. The molecule has 0 radical (unpaired) electrons. The highest BCUT2D eigenvalue weighted by Gasteiger charge is 2.29. The molecule has 0 unspecified atom stereocenters. The molecule has 0 saturated carbocycles. The lowest BCUT2D eigenvalue weighted by Gasteiger charge is -2.17. The molecular weight excluding hydrogens is 329 g/mol. The second kappa shape index (κ2) is 6.81. The van der Waals surface area contributed by atoms with Crippen LogP contribution in [0.15, 0.2) is 24.3 Å². The number of aliphatic hydroxyl groups is 1. The van der Waals surface area contributed by atoms with Crippen LogP contribution < -0.4 is 0 Å². The van der Waals surface area contributed by atoms with Crippen molar-refractivity contribution >= 4 is 12.2 Å². The van der Waals surface area contributed by atoms with Crippen molar-refractivity contribution in [3.63, 3.8) is 0 Å². The molecule has 23 heavy (non-hydrogen) atoms. The standard InChI is InChI=1S/C14H17F3N4OS/c1-19(9-21-13(23)20(2)12(8-22)18-21)7-10-3-5-11(6-4-10)14(15,16)17/h3-6,22H,7-9H2,1-2H3. The molecule has 5 nitrogen and oxygen atoms in total. The second-order valence-electron chi connectivity index (χ2n) is 5.27. The SMILES string of the molecule is CN(Cc1ccc(C(F)(F)F)cc1)Cn1nc(CO)n(C)c1=S. The lowest BCUT2D eigenvalue weighted by Crippen LogP contribution is -2.22. The summed E-state index contributed by atoms with van der Waals surface area (Å²) in [4.78, 5) is 1.87. The topological polar surface area (TPSA) is 46.2 Å². The van der Waals surface area contributed by atoms with Gasteiger partial charge in [-0.05, 0) is 37.0 Å². The van der Waals surface area contributed by atoms with E-state index in [-0.39, 0.29) is 6.61 Å². The van der Waals surface area contributed by atoms with E-state index in [1.165, 1.54) is 12.1 Å². The Bertz CT molecular complexity index is 721. The molecule has 0 aliphatic heterocycles. The molecule has 1 N–H and O–H groups in total. The van der Waals surface area contributed by atoms with E-state index in [2.05, 4.69) is 5.10 Å². The van der Waals surface area contributed by atoms with Gasteiger partial charge in [0.2, 0.25) is 0 Å². The van der Waals surface area contributed by atoms with Gasteiger partial charge < -0.3 is 9.67 Å². The second-order valence-corrected chi connectivity index (χ2v) is 5.63. The zero-order chi connectivity index (χ0) is 17.2. The summed E-state index contributed by atoms with van der Waals surface area (Å²) in [6.07, 6.45) is -4.33. The van der Waals surface area contributed by atoms with Crippen LogP contribution in [0.2, 0.25) is 0 Å². The first-order valence-corrected chi connectivity index (χ1v) is 7.21. The Morgan fingerprint density at radius 2 is 1.87 bits per heavy atom. The third-order valence-corrected chi connectivity index (χ3v) is 3.87. The number of halogens is 3. The number of alkyl halides is 3. The molecule has 0 aliphatic carbocycles. The van der Waals surface area contributed by atoms with Gasteiger partial charge in [0.05, 0.1) is 12.2 Å². The maximum atomic E-state index is 12.5. The Kier molecular flexibility index (Phi) is 5.23. The Morgan fingerprint density at radius 3 is 2.35 bits per heavy atom. The molecule has 126 valence electrons. The van der Waals surface area contributed by atoms with Crippen LogP contribution >= 0.6 is 12.2 Å². The van der Waals surface area contributed by atoms with E-state index >= 15 is 0 Å². The zero-order valence-corrected chi connectivity index (χ0v) is 13.5. The van der Waals surface area contributed by atoms with Crippen molar-refractivity contribution in [1.29, 1.82) is 0 Å². The fourth-order valence-electron chi connectivity index (χ4n) is 2.15. The highest BCUT2D eigenvalue weighted by atomic mass is 32.1. The van der Waals surface area contributed by atoms with Crippen LogP contribution in [-0.2, 0) is 33.0 Å². The molecule has 2 rings (SSSR count). The molecule has 0 spiro atoms. The van der Waals surface area contributed by atoms with Crippen LogP contribution in [0.1, 0.15) is 17.0 Å². The Morgan fingerprint density at radius 1 is 1.26 bits per heavy atom. The summed E-state index contributed by atoms with van der Waals surface area (Å²) in [6, 6.07) is 5.05. The third kappa shape index (κ3) is 4.18. The molecule has 0 aliphatic rings. The third-order valence-electron chi connectivity index (χ3n) is 3.38. The van der Waals surface area contributed by atoms with Gasteiger partial charge >= 0.3 is 6.18 Å². The van der Waals surface area contributed by atoms with E-state index in [9.17, 15) is 13.2 Å². The van der Waals surface area contributed by atoms with Crippen LogP contribution in [0.3, 0.4) is 0 Å². The summed E-state index contributed by atoms with van der Waals surface area (Å²) in [5.41, 5.74) is 0.0915. The minimum atomic E-state index is -4.33. The van der Waals surface area contributed by atoms with Crippen LogP contribution in [0.5, 0.6) is 0 Å². The molecule has 1 heterocycles. The van der Waals surface area contributed by atoms with Gasteiger partial charge in [0.15, 0.2) is 10.6 Å². The highest BCUT2D eigenvalue weighted by molar-refractivity contribution is 7.71. The molecule has 9 heteroatoms. The summed E-state index contributed by atoms with van der Waals surface area (Å²) in [7, 11) is 3.53. The Balaban J connectivity index is 2.05. The van der Waals surface area contributed by atoms with Gasteiger partial charge in [-0.2, -0.15) is 18.3 Å². The van der Waals surface area contributed by atoms with E-state index in [1.807, 2.05) is 11.9 Å². The van der Waals surface area contributed by atoms with Crippen LogP contribution in [0.4, 0.5) is 13.2 Å². The number of hydrogen-bond acceptors (Lipinski definition) is 4. The van der Waals surface area contributed by atoms with Crippen molar-refractivity contribution in [2.75, 3.05) is 7.05 Å². The normalized spacial score (nSPS) is 12.1. The lowest BCUT2D eigenvalue weighted by molar-refractivity contribution is -0.137. The molecule has 2 aromatic rings. The van der Waals surface area contributed by atoms with Crippen molar-refractivity contribution < 1.29 is 18.3 Å². The number of aliphatic hydroxyl groups excluding tert-OH is 1. The molecule has 1 aromatic heterocycles. The first-order valence-electron chi connectivity index (χ1n) is 6.80. The quantitative estimate of drug-likeness (QED) is 0.846. The number of benzene rings is 1. The van der Waals surface area contributed by atoms with E-state index in [4.69, 9.17) is 17.3 Å². The van der Waals surface area contributed by atoms with E-state index in [1.54, 1.807) is 16.3 Å². The maximum Gasteiger partial charge on any atom is 0.416 e. The predicted octanol–water partition coefficient (Wildman–Crippen LogP) is 2.55. The fraction of sp³-hybridized carbons (Fsp3) is 0.429. The van der Waals surface area contributed by atoms with Gasteiger partial charge in [-0.15, -0.1) is 0 Å². The number of hydrogen-bond donors (Lipinski definition) is 1. The molecule has 0 atom stereocenters. The van der Waals surface area contributed by atoms with Gasteiger partial charge in [0, 0.05) is 13.6 Å². The Hall–Kier alpha value is -1.71. The van der Waals surface area contributed by atoms with E-state index < -0.39 is 11.7 Å². The minimum absolute atomic E-state index is 0.213.